The van der Waals surface area contributed by atoms with Gasteiger partial charge in [-0.3, -0.25) is 19.3 Å². The number of methoxy groups -OCH3 is 1. The molecule has 2 amide bonds. The van der Waals surface area contributed by atoms with Crippen LogP contribution in [-0.2, 0) is 46.4 Å². The van der Waals surface area contributed by atoms with Gasteiger partial charge in [0.2, 0.25) is 5.91 Å². The van der Waals surface area contributed by atoms with Gasteiger partial charge < -0.3 is 19.5 Å². The second-order valence-corrected chi connectivity index (χ2v) is 9.35. The lowest BCUT2D eigenvalue weighted by molar-refractivity contribution is -0.193. The van der Waals surface area contributed by atoms with Crippen molar-refractivity contribution in [3.05, 3.63) is 83.1 Å². The van der Waals surface area contributed by atoms with Gasteiger partial charge in [0.25, 0.3) is 11.6 Å². The Labute approximate surface area is 212 Å². The Kier molecular flexibility index (Phi) is 7.76. The minimum Gasteiger partial charge on any atom is -0.461 e. The van der Waals surface area contributed by atoms with Crippen molar-refractivity contribution >= 4 is 35.5 Å². The Balaban J connectivity index is 1.55. The van der Waals surface area contributed by atoms with Crippen LogP contribution in [0.3, 0.4) is 0 Å². The molecular formula is C26H26N2O7S. The number of carbonyl (C=O) groups excluding carboxylic acids is 4. The fourth-order valence-corrected chi connectivity index (χ4v) is 5.48. The quantitative estimate of drug-likeness (QED) is 0.310. The number of benzene rings is 2. The van der Waals surface area contributed by atoms with Gasteiger partial charge in [-0.1, -0.05) is 60.7 Å². The molecule has 10 heteroatoms. The molecular weight excluding hydrogens is 484 g/mol. The minimum atomic E-state index is -1.63. The Hall–Kier alpha value is -3.63. The zero-order chi connectivity index (χ0) is 25.7. The third-order valence-corrected chi connectivity index (χ3v) is 7.19. The van der Waals surface area contributed by atoms with Gasteiger partial charge in [-0.15, -0.1) is 11.8 Å². The summed E-state index contributed by atoms with van der Waals surface area (Å²) in [6.45, 7) is 1.11. The number of β-lactam (4-membered cyclic amide) rings is 1. The van der Waals surface area contributed by atoms with Gasteiger partial charge in [0.15, 0.2) is 0 Å². The highest BCUT2D eigenvalue weighted by Gasteiger charge is 2.66. The van der Waals surface area contributed by atoms with Crippen molar-refractivity contribution in [2.75, 3.05) is 19.5 Å². The molecule has 1 N–H and O–H groups in total. The number of hydrogen-bond acceptors (Lipinski definition) is 8. The predicted molar refractivity (Wildman–Crippen MR) is 131 cm³/mol. The van der Waals surface area contributed by atoms with E-state index in [1.165, 1.54) is 30.7 Å². The maximum absolute atomic E-state index is 13.4. The molecule has 2 heterocycles. The number of nitrogens with zero attached hydrogens (tertiary/aromatic N) is 1. The van der Waals surface area contributed by atoms with Crippen LogP contribution in [0.5, 0.6) is 0 Å². The van der Waals surface area contributed by atoms with Crippen LogP contribution in [0.2, 0.25) is 0 Å². The topological polar surface area (TPSA) is 111 Å². The Morgan fingerprint density at radius 2 is 1.64 bits per heavy atom. The van der Waals surface area contributed by atoms with Crippen molar-refractivity contribution in [1.82, 2.24) is 10.2 Å². The number of amides is 2. The normalized spacial score (nSPS) is 20.8. The number of ether oxygens (including phenoxy) is 3. The minimum absolute atomic E-state index is 0.00548. The Bertz CT molecular complexity index is 1190. The average molecular weight is 511 g/mol. The van der Waals surface area contributed by atoms with E-state index in [-0.39, 0.29) is 37.0 Å². The molecule has 2 aromatic carbocycles. The Morgan fingerprint density at radius 1 is 1.00 bits per heavy atom. The molecule has 2 aromatic rings. The summed E-state index contributed by atoms with van der Waals surface area (Å²) in [6.07, 6.45) is 0.0656. The van der Waals surface area contributed by atoms with Crippen LogP contribution in [0, 0.1) is 0 Å². The van der Waals surface area contributed by atoms with Crippen LogP contribution >= 0.6 is 11.8 Å². The third kappa shape index (κ3) is 5.14. The van der Waals surface area contributed by atoms with E-state index in [0.29, 0.717) is 5.57 Å². The number of nitrogens with one attached hydrogen (secondary N) is 1. The molecule has 36 heavy (non-hydrogen) atoms. The van der Waals surface area contributed by atoms with Crippen LogP contribution in [-0.4, -0.2) is 59.2 Å². The van der Waals surface area contributed by atoms with E-state index >= 15 is 0 Å². The monoisotopic (exact) mass is 510 g/mol. The van der Waals surface area contributed by atoms with E-state index in [9.17, 15) is 19.2 Å². The van der Waals surface area contributed by atoms with Crippen LogP contribution < -0.4 is 5.32 Å². The van der Waals surface area contributed by atoms with Gasteiger partial charge in [0, 0.05) is 25.4 Å². The summed E-state index contributed by atoms with van der Waals surface area (Å²) in [4.78, 5) is 52.0. The molecule has 2 aliphatic heterocycles. The van der Waals surface area contributed by atoms with Gasteiger partial charge in [0.1, 0.15) is 24.3 Å². The zero-order valence-electron chi connectivity index (χ0n) is 19.9. The first-order chi connectivity index (χ1) is 17.4. The molecule has 0 saturated carbocycles. The number of carbonyl (C=O) groups is 4. The molecule has 2 atom stereocenters. The number of hydrogen-bond donors (Lipinski definition) is 1. The van der Waals surface area contributed by atoms with Gasteiger partial charge in [-0.2, -0.15) is 0 Å². The number of fused-ring (bicyclic) bond motifs is 1. The molecule has 0 spiro atoms. The van der Waals surface area contributed by atoms with Crippen molar-refractivity contribution in [2.45, 2.75) is 31.1 Å². The lowest BCUT2D eigenvalue weighted by Crippen LogP contribution is -2.80. The maximum Gasteiger partial charge on any atom is 0.355 e. The second kappa shape index (κ2) is 11.0. The third-order valence-electron chi connectivity index (χ3n) is 5.82. The molecule has 9 nitrogen and oxygen atoms in total. The number of rotatable bonds is 9. The van der Waals surface area contributed by atoms with Crippen molar-refractivity contribution in [3.63, 3.8) is 0 Å². The lowest BCUT2D eigenvalue weighted by Gasteiger charge is -2.55. The molecule has 188 valence electrons. The van der Waals surface area contributed by atoms with Gasteiger partial charge in [0.05, 0.1) is 6.42 Å². The molecule has 0 bridgehead atoms. The first-order valence-corrected chi connectivity index (χ1v) is 12.3. The first kappa shape index (κ1) is 25.5. The summed E-state index contributed by atoms with van der Waals surface area (Å²) < 4.78 is 16.2. The van der Waals surface area contributed by atoms with E-state index in [4.69, 9.17) is 14.2 Å². The number of thioether (sulfide) groups is 1. The molecule has 1 fully saturated rings. The number of esters is 2. The Morgan fingerprint density at radius 3 is 2.25 bits per heavy atom. The fraction of sp³-hybridized carbons (Fsp3) is 0.308. The zero-order valence-corrected chi connectivity index (χ0v) is 20.7. The van der Waals surface area contributed by atoms with Gasteiger partial charge >= 0.3 is 11.9 Å². The maximum atomic E-state index is 13.4. The highest BCUT2D eigenvalue weighted by atomic mass is 32.2. The van der Waals surface area contributed by atoms with E-state index in [0.717, 1.165) is 11.1 Å². The summed E-state index contributed by atoms with van der Waals surface area (Å²) in [5.41, 5.74) is 0.386. The van der Waals surface area contributed by atoms with E-state index < -0.39 is 28.9 Å². The molecule has 0 aromatic heterocycles. The molecule has 1 saturated heterocycles. The van der Waals surface area contributed by atoms with Crippen LogP contribution in [0.1, 0.15) is 18.1 Å². The van der Waals surface area contributed by atoms with Crippen molar-refractivity contribution in [1.29, 1.82) is 0 Å². The predicted octanol–water partition coefficient (Wildman–Crippen LogP) is 2.16. The van der Waals surface area contributed by atoms with Crippen molar-refractivity contribution < 1.29 is 33.4 Å². The highest BCUT2D eigenvalue weighted by molar-refractivity contribution is 8.00. The standard InChI is InChI=1S/C26H26N2O7S/c1-17(29)34-15-20-16-36-25-26(33-2,27-21(30)13-18-9-5-3-6-10-18)24(32)28(25)22(20)23(31)35-14-19-11-7-4-8-12-19/h3-12,25H,13-16H2,1-2H3,(H,27,30)/t25-,26-/m0/s1. The van der Waals surface area contributed by atoms with E-state index in [1.807, 2.05) is 60.7 Å². The lowest BCUT2D eigenvalue weighted by atomic mass is 9.97. The van der Waals surface area contributed by atoms with E-state index in [2.05, 4.69) is 5.32 Å². The summed E-state index contributed by atoms with van der Waals surface area (Å²) in [6, 6.07) is 18.3. The summed E-state index contributed by atoms with van der Waals surface area (Å²) >= 11 is 1.30. The summed E-state index contributed by atoms with van der Waals surface area (Å²) in [5.74, 6) is -1.95. The first-order valence-electron chi connectivity index (χ1n) is 11.3. The largest absolute Gasteiger partial charge is 0.461 e. The van der Waals surface area contributed by atoms with E-state index in [1.54, 1.807) is 0 Å². The SMILES string of the molecule is CO[C@@]1(NC(=O)Cc2ccccc2)C(=O)N2C(C(=O)OCc3ccccc3)=C(COC(C)=O)CS[C@H]21. The second-order valence-electron chi connectivity index (χ2n) is 8.28. The van der Waals surface area contributed by atoms with Crippen molar-refractivity contribution in [3.8, 4) is 0 Å². The van der Waals surface area contributed by atoms with Gasteiger partial charge in [-0.25, -0.2) is 4.79 Å². The van der Waals surface area contributed by atoms with Crippen LogP contribution in [0.15, 0.2) is 71.9 Å². The summed E-state index contributed by atoms with van der Waals surface area (Å²) in [5, 5.41) is 2.03. The summed E-state index contributed by atoms with van der Waals surface area (Å²) in [7, 11) is 1.34. The molecule has 2 aliphatic rings. The molecule has 0 aliphatic carbocycles. The molecule has 0 unspecified atom stereocenters. The molecule has 4 rings (SSSR count). The van der Waals surface area contributed by atoms with Crippen molar-refractivity contribution in [2.24, 2.45) is 0 Å². The smallest absolute Gasteiger partial charge is 0.355 e. The highest BCUT2D eigenvalue weighted by Crippen LogP contribution is 2.47. The van der Waals surface area contributed by atoms with Gasteiger partial charge in [-0.05, 0) is 11.1 Å². The molecule has 0 radical (unpaired) electrons. The average Bonchev–Trinajstić information content (AvgIpc) is 2.89. The van der Waals surface area contributed by atoms with Crippen LogP contribution in [0.25, 0.3) is 0 Å². The fourth-order valence-electron chi connectivity index (χ4n) is 4.06. The van der Waals surface area contributed by atoms with Crippen LogP contribution in [0.4, 0.5) is 0 Å².